The average molecular weight is 307 g/mol. The SMILES string of the molecule is C1CO[C@@H](CN2CCC(Cc3noc(C4CC4)n3)CC2)CO1. The molecule has 0 amide bonds. The van der Waals surface area contributed by atoms with Crippen molar-refractivity contribution < 1.29 is 14.0 Å². The van der Waals surface area contributed by atoms with Crippen molar-refractivity contribution in [3.05, 3.63) is 11.7 Å². The molecule has 1 saturated carbocycles. The first-order valence-corrected chi connectivity index (χ1v) is 8.61. The van der Waals surface area contributed by atoms with E-state index in [-0.39, 0.29) is 6.10 Å². The predicted molar refractivity (Wildman–Crippen MR) is 79.7 cm³/mol. The molecule has 6 heteroatoms. The van der Waals surface area contributed by atoms with Gasteiger partial charge in [-0.05, 0) is 44.7 Å². The Hall–Kier alpha value is -0.980. The van der Waals surface area contributed by atoms with Gasteiger partial charge in [0, 0.05) is 18.9 Å². The number of aromatic nitrogens is 2. The number of hydrogen-bond donors (Lipinski definition) is 0. The summed E-state index contributed by atoms with van der Waals surface area (Å²) >= 11 is 0. The smallest absolute Gasteiger partial charge is 0.229 e. The van der Waals surface area contributed by atoms with Gasteiger partial charge in [-0.3, -0.25) is 0 Å². The number of nitrogens with zero attached hydrogens (tertiary/aromatic N) is 3. The van der Waals surface area contributed by atoms with Crippen LogP contribution < -0.4 is 0 Å². The van der Waals surface area contributed by atoms with E-state index in [1.807, 2.05) is 0 Å². The van der Waals surface area contributed by atoms with Crippen LogP contribution in [0.1, 0.15) is 43.3 Å². The van der Waals surface area contributed by atoms with Crippen LogP contribution in [-0.4, -0.2) is 60.6 Å². The van der Waals surface area contributed by atoms with Crippen LogP contribution in [0.15, 0.2) is 4.52 Å². The Balaban J connectivity index is 1.21. The van der Waals surface area contributed by atoms with Crippen LogP contribution >= 0.6 is 0 Å². The summed E-state index contributed by atoms with van der Waals surface area (Å²) in [6.07, 6.45) is 6.07. The molecule has 22 heavy (non-hydrogen) atoms. The lowest BCUT2D eigenvalue weighted by Gasteiger charge is -2.34. The monoisotopic (exact) mass is 307 g/mol. The summed E-state index contributed by atoms with van der Waals surface area (Å²) in [5.41, 5.74) is 0. The van der Waals surface area contributed by atoms with Crippen LogP contribution in [0.2, 0.25) is 0 Å². The lowest BCUT2D eigenvalue weighted by Crippen LogP contribution is -2.43. The fraction of sp³-hybridized carbons (Fsp3) is 0.875. The third-order valence-electron chi connectivity index (χ3n) is 4.94. The minimum absolute atomic E-state index is 0.253. The van der Waals surface area contributed by atoms with Crippen LogP contribution in [0.4, 0.5) is 0 Å². The van der Waals surface area contributed by atoms with E-state index >= 15 is 0 Å². The van der Waals surface area contributed by atoms with E-state index < -0.39 is 0 Å². The molecule has 2 aliphatic heterocycles. The minimum Gasteiger partial charge on any atom is -0.376 e. The quantitative estimate of drug-likeness (QED) is 0.824. The zero-order valence-corrected chi connectivity index (χ0v) is 13.1. The number of rotatable bonds is 5. The van der Waals surface area contributed by atoms with Gasteiger partial charge in [-0.15, -0.1) is 0 Å². The highest BCUT2D eigenvalue weighted by Gasteiger charge is 2.30. The Labute approximate surface area is 131 Å². The van der Waals surface area contributed by atoms with Crippen LogP contribution in [0.25, 0.3) is 0 Å². The molecule has 3 aliphatic rings. The zero-order chi connectivity index (χ0) is 14.8. The second kappa shape index (κ2) is 6.64. The Morgan fingerprint density at radius 3 is 2.68 bits per heavy atom. The average Bonchev–Trinajstić information content (AvgIpc) is 3.30. The van der Waals surface area contributed by atoms with Gasteiger partial charge in [0.1, 0.15) is 0 Å². The lowest BCUT2D eigenvalue weighted by molar-refractivity contribution is -0.0993. The van der Waals surface area contributed by atoms with Crippen molar-refractivity contribution >= 4 is 0 Å². The largest absolute Gasteiger partial charge is 0.376 e. The van der Waals surface area contributed by atoms with Crippen molar-refractivity contribution in [2.45, 2.75) is 44.1 Å². The highest BCUT2D eigenvalue weighted by atomic mass is 16.6. The van der Waals surface area contributed by atoms with Gasteiger partial charge in [0.2, 0.25) is 5.89 Å². The molecule has 0 spiro atoms. The van der Waals surface area contributed by atoms with E-state index in [1.54, 1.807) is 0 Å². The number of piperidine rings is 1. The third-order valence-corrected chi connectivity index (χ3v) is 4.94. The molecule has 0 unspecified atom stereocenters. The first-order chi connectivity index (χ1) is 10.9. The highest BCUT2D eigenvalue weighted by molar-refractivity contribution is 5.02. The Bertz CT molecular complexity index is 475. The molecule has 1 aliphatic carbocycles. The van der Waals surface area contributed by atoms with Gasteiger partial charge in [0.05, 0.1) is 25.9 Å². The van der Waals surface area contributed by atoms with Crippen molar-refractivity contribution in [3.63, 3.8) is 0 Å². The van der Waals surface area contributed by atoms with Gasteiger partial charge >= 0.3 is 0 Å². The van der Waals surface area contributed by atoms with Gasteiger partial charge in [-0.2, -0.15) is 4.98 Å². The summed E-state index contributed by atoms with van der Waals surface area (Å²) in [5, 5.41) is 4.15. The molecule has 1 aromatic heterocycles. The zero-order valence-electron chi connectivity index (χ0n) is 13.1. The molecule has 0 bridgehead atoms. The molecule has 122 valence electrons. The Morgan fingerprint density at radius 2 is 1.95 bits per heavy atom. The molecule has 6 nitrogen and oxygen atoms in total. The number of ether oxygens (including phenoxy) is 2. The summed E-state index contributed by atoms with van der Waals surface area (Å²) in [6, 6.07) is 0. The van der Waals surface area contributed by atoms with E-state index in [1.165, 1.54) is 25.7 Å². The van der Waals surface area contributed by atoms with Crippen LogP contribution in [0.3, 0.4) is 0 Å². The van der Waals surface area contributed by atoms with Crippen molar-refractivity contribution in [3.8, 4) is 0 Å². The molecule has 0 N–H and O–H groups in total. The fourth-order valence-corrected chi connectivity index (χ4v) is 3.41. The topological polar surface area (TPSA) is 60.6 Å². The molecule has 2 saturated heterocycles. The second-order valence-corrected chi connectivity index (χ2v) is 6.84. The first-order valence-electron chi connectivity index (χ1n) is 8.61. The van der Waals surface area contributed by atoms with E-state index in [0.29, 0.717) is 11.8 Å². The van der Waals surface area contributed by atoms with Crippen LogP contribution in [-0.2, 0) is 15.9 Å². The molecular weight excluding hydrogens is 282 g/mol. The number of hydrogen-bond acceptors (Lipinski definition) is 6. The van der Waals surface area contributed by atoms with E-state index in [2.05, 4.69) is 15.0 Å². The summed E-state index contributed by atoms with van der Waals surface area (Å²) in [7, 11) is 0. The predicted octanol–water partition coefficient (Wildman–Crippen LogP) is 1.62. The van der Waals surface area contributed by atoms with Crippen LogP contribution in [0.5, 0.6) is 0 Å². The highest BCUT2D eigenvalue weighted by Crippen LogP contribution is 2.39. The molecule has 0 aromatic carbocycles. The maximum absolute atomic E-state index is 5.74. The van der Waals surface area contributed by atoms with Gasteiger partial charge in [-0.1, -0.05) is 5.16 Å². The molecule has 1 atom stereocenters. The molecular formula is C16H25N3O3. The lowest BCUT2D eigenvalue weighted by atomic mass is 9.93. The molecule has 3 fully saturated rings. The fourth-order valence-electron chi connectivity index (χ4n) is 3.41. The van der Waals surface area contributed by atoms with Gasteiger partial charge < -0.3 is 18.9 Å². The summed E-state index contributed by atoms with van der Waals surface area (Å²) < 4.78 is 16.6. The Kier molecular flexibility index (Phi) is 4.41. The summed E-state index contributed by atoms with van der Waals surface area (Å²) in [4.78, 5) is 7.05. The normalized spacial score (nSPS) is 28.1. The van der Waals surface area contributed by atoms with Crippen molar-refractivity contribution in [2.24, 2.45) is 5.92 Å². The van der Waals surface area contributed by atoms with Gasteiger partial charge in [0.25, 0.3) is 0 Å². The third kappa shape index (κ3) is 3.67. The first kappa shape index (κ1) is 14.6. The van der Waals surface area contributed by atoms with E-state index in [9.17, 15) is 0 Å². The Morgan fingerprint density at radius 1 is 1.09 bits per heavy atom. The molecule has 3 heterocycles. The molecule has 4 rings (SSSR count). The summed E-state index contributed by atoms with van der Waals surface area (Å²) in [6.45, 7) is 5.50. The molecule has 0 radical (unpaired) electrons. The van der Waals surface area contributed by atoms with Gasteiger partial charge in [-0.25, -0.2) is 0 Å². The van der Waals surface area contributed by atoms with Gasteiger partial charge in [0.15, 0.2) is 5.82 Å². The molecule has 1 aromatic rings. The summed E-state index contributed by atoms with van der Waals surface area (Å²) in [5.74, 6) is 3.01. The van der Waals surface area contributed by atoms with E-state index in [0.717, 1.165) is 57.6 Å². The number of likely N-dealkylation sites (tertiary alicyclic amines) is 1. The van der Waals surface area contributed by atoms with Crippen molar-refractivity contribution in [2.75, 3.05) is 39.5 Å². The second-order valence-electron chi connectivity index (χ2n) is 6.84. The minimum atomic E-state index is 0.253. The maximum Gasteiger partial charge on any atom is 0.229 e. The standard InChI is InChI=1S/C16H25N3O3/c1-2-13(1)16-17-15(18-22-16)9-12-3-5-19(6-4-12)10-14-11-20-7-8-21-14/h12-14H,1-11H2/t14-/m0/s1. The van der Waals surface area contributed by atoms with Crippen LogP contribution in [0, 0.1) is 5.92 Å². The van der Waals surface area contributed by atoms with E-state index in [4.69, 9.17) is 14.0 Å². The van der Waals surface area contributed by atoms with Crippen molar-refractivity contribution in [1.29, 1.82) is 0 Å². The van der Waals surface area contributed by atoms with Crippen molar-refractivity contribution in [1.82, 2.24) is 15.0 Å². The maximum atomic E-state index is 5.74.